The molecule has 0 spiro atoms. The van der Waals surface area contributed by atoms with E-state index in [1.165, 1.54) is 4.31 Å². The number of hydrogen-bond acceptors (Lipinski definition) is 4. The highest BCUT2D eigenvalue weighted by Crippen LogP contribution is 2.33. The molecule has 0 unspecified atom stereocenters. The zero-order valence-electron chi connectivity index (χ0n) is 14.7. The van der Waals surface area contributed by atoms with E-state index in [9.17, 15) is 8.42 Å². The monoisotopic (exact) mass is 368 g/mol. The highest BCUT2D eigenvalue weighted by molar-refractivity contribution is 7.92. The van der Waals surface area contributed by atoms with Crippen LogP contribution in [0.1, 0.15) is 31.2 Å². The van der Waals surface area contributed by atoms with E-state index >= 15 is 0 Å². The van der Waals surface area contributed by atoms with Gasteiger partial charge in [0, 0.05) is 18.0 Å². The third kappa shape index (κ3) is 2.80. The Morgan fingerprint density at radius 3 is 2.50 bits per heavy atom. The van der Waals surface area contributed by atoms with Crippen LogP contribution in [0.5, 0.6) is 0 Å². The second kappa shape index (κ2) is 6.29. The number of benzene rings is 2. The Labute approximate surface area is 153 Å². The van der Waals surface area contributed by atoms with Gasteiger partial charge in [0.25, 0.3) is 10.0 Å². The number of anilines is 1. The molecule has 0 atom stereocenters. The number of para-hydroxylation sites is 1. The topological polar surface area (TPSA) is 63.4 Å². The van der Waals surface area contributed by atoms with E-state index in [1.807, 2.05) is 38.1 Å². The lowest BCUT2D eigenvalue weighted by Gasteiger charge is -2.19. The molecule has 2 aromatic carbocycles. The van der Waals surface area contributed by atoms with Gasteiger partial charge in [-0.3, -0.25) is 4.31 Å². The van der Waals surface area contributed by atoms with Crippen molar-refractivity contribution in [2.24, 2.45) is 0 Å². The van der Waals surface area contributed by atoms with Crippen LogP contribution in [0, 0.1) is 0 Å². The van der Waals surface area contributed by atoms with Crippen LogP contribution < -0.4 is 4.31 Å². The second-order valence-electron chi connectivity index (χ2n) is 6.70. The van der Waals surface area contributed by atoms with Gasteiger partial charge in [-0.25, -0.2) is 13.4 Å². The van der Waals surface area contributed by atoms with Gasteiger partial charge in [-0.05, 0) is 42.3 Å². The van der Waals surface area contributed by atoms with Gasteiger partial charge < -0.3 is 4.42 Å². The van der Waals surface area contributed by atoms with Gasteiger partial charge in [0.15, 0.2) is 11.7 Å². The fraction of sp³-hybridized carbons (Fsp3) is 0.250. The van der Waals surface area contributed by atoms with Gasteiger partial charge in [-0.2, -0.15) is 0 Å². The fourth-order valence-electron chi connectivity index (χ4n) is 3.16. The SMILES string of the molecule is CC(C)c1ncc(-c2ccc(S(=O)(=O)N3CCc4ccccc43)cc2)o1. The number of sulfonamides is 1. The van der Waals surface area contributed by atoms with Crippen LogP contribution in [-0.4, -0.2) is 19.9 Å². The molecule has 0 aliphatic carbocycles. The minimum absolute atomic E-state index is 0.207. The molecule has 0 amide bonds. The van der Waals surface area contributed by atoms with Crippen molar-refractivity contribution in [2.45, 2.75) is 31.1 Å². The molecule has 3 aromatic rings. The smallest absolute Gasteiger partial charge is 0.264 e. The average Bonchev–Trinajstić information content (AvgIpc) is 3.29. The van der Waals surface area contributed by atoms with Crippen molar-refractivity contribution in [3.8, 4) is 11.3 Å². The molecule has 0 fully saturated rings. The average molecular weight is 368 g/mol. The molecule has 0 bridgehead atoms. The Morgan fingerprint density at radius 1 is 1.08 bits per heavy atom. The van der Waals surface area contributed by atoms with E-state index in [0.29, 0.717) is 18.2 Å². The summed E-state index contributed by atoms with van der Waals surface area (Å²) in [7, 11) is -3.57. The summed E-state index contributed by atoms with van der Waals surface area (Å²) in [5.74, 6) is 1.52. The fourth-order valence-corrected chi connectivity index (χ4v) is 4.67. The summed E-state index contributed by atoms with van der Waals surface area (Å²) in [5, 5.41) is 0. The molecule has 0 saturated carbocycles. The predicted molar refractivity (Wildman–Crippen MR) is 101 cm³/mol. The van der Waals surface area contributed by atoms with Gasteiger partial charge in [0.05, 0.1) is 16.8 Å². The van der Waals surface area contributed by atoms with E-state index in [4.69, 9.17) is 4.42 Å². The molecule has 2 heterocycles. The summed E-state index contributed by atoms with van der Waals surface area (Å²) in [4.78, 5) is 4.54. The zero-order chi connectivity index (χ0) is 18.3. The highest BCUT2D eigenvalue weighted by Gasteiger charge is 2.30. The lowest BCUT2D eigenvalue weighted by atomic mass is 10.2. The van der Waals surface area contributed by atoms with Gasteiger partial charge in [0.1, 0.15) is 0 Å². The van der Waals surface area contributed by atoms with E-state index in [2.05, 4.69) is 4.98 Å². The van der Waals surface area contributed by atoms with Gasteiger partial charge in [-0.1, -0.05) is 32.0 Å². The van der Waals surface area contributed by atoms with Crippen molar-refractivity contribution in [1.82, 2.24) is 4.98 Å². The Morgan fingerprint density at radius 2 is 1.81 bits per heavy atom. The third-order valence-electron chi connectivity index (χ3n) is 4.59. The minimum Gasteiger partial charge on any atom is -0.440 e. The maximum absolute atomic E-state index is 13.0. The molecule has 1 aromatic heterocycles. The first kappa shape index (κ1) is 16.8. The van der Waals surface area contributed by atoms with Crippen LogP contribution in [-0.2, 0) is 16.4 Å². The number of fused-ring (bicyclic) bond motifs is 1. The van der Waals surface area contributed by atoms with E-state index < -0.39 is 10.0 Å². The summed E-state index contributed by atoms with van der Waals surface area (Å²) in [6, 6.07) is 14.4. The number of nitrogens with zero attached hydrogens (tertiary/aromatic N) is 2. The number of rotatable bonds is 4. The lowest BCUT2D eigenvalue weighted by molar-refractivity contribution is 0.481. The van der Waals surface area contributed by atoms with Crippen LogP contribution >= 0.6 is 0 Å². The lowest BCUT2D eigenvalue weighted by Crippen LogP contribution is -2.29. The molecule has 0 radical (unpaired) electrons. The second-order valence-corrected chi connectivity index (χ2v) is 8.56. The minimum atomic E-state index is -3.57. The maximum Gasteiger partial charge on any atom is 0.264 e. The van der Waals surface area contributed by atoms with Gasteiger partial charge in [0.2, 0.25) is 0 Å². The van der Waals surface area contributed by atoms with Crippen molar-refractivity contribution >= 4 is 15.7 Å². The Bertz CT molecular complexity index is 1040. The third-order valence-corrected chi connectivity index (χ3v) is 6.42. The first-order chi connectivity index (χ1) is 12.5. The summed E-state index contributed by atoms with van der Waals surface area (Å²) in [5.41, 5.74) is 2.65. The molecule has 1 aliphatic heterocycles. The zero-order valence-corrected chi connectivity index (χ0v) is 15.5. The molecule has 4 rings (SSSR count). The summed E-state index contributed by atoms with van der Waals surface area (Å²) < 4.78 is 33.3. The quantitative estimate of drug-likeness (QED) is 0.692. The van der Waals surface area contributed by atoms with Crippen LogP contribution in [0.4, 0.5) is 5.69 Å². The highest BCUT2D eigenvalue weighted by atomic mass is 32.2. The van der Waals surface area contributed by atoms with Crippen molar-refractivity contribution < 1.29 is 12.8 Å². The molecule has 6 heteroatoms. The van der Waals surface area contributed by atoms with Crippen LogP contribution in [0.2, 0.25) is 0 Å². The molecule has 26 heavy (non-hydrogen) atoms. The van der Waals surface area contributed by atoms with Gasteiger partial charge in [-0.15, -0.1) is 0 Å². The maximum atomic E-state index is 13.0. The molecule has 1 aliphatic rings. The van der Waals surface area contributed by atoms with E-state index in [1.54, 1.807) is 30.5 Å². The summed E-state index contributed by atoms with van der Waals surface area (Å²) in [6.45, 7) is 4.50. The Hall–Kier alpha value is -2.60. The van der Waals surface area contributed by atoms with Crippen LogP contribution in [0.15, 0.2) is 64.0 Å². The molecule has 5 nitrogen and oxygen atoms in total. The van der Waals surface area contributed by atoms with E-state index in [0.717, 1.165) is 23.2 Å². The van der Waals surface area contributed by atoms with Crippen molar-refractivity contribution in [1.29, 1.82) is 0 Å². The van der Waals surface area contributed by atoms with Crippen LogP contribution in [0.3, 0.4) is 0 Å². The summed E-state index contributed by atoms with van der Waals surface area (Å²) >= 11 is 0. The predicted octanol–water partition coefficient (Wildman–Crippen LogP) is 4.22. The molecule has 0 saturated heterocycles. The van der Waals surface area contributed by atoms with Crippen molar-refractivity contribution in [3.05, 3.63) is 66.2 Å². The Balaban J connectivity index is 1.64. The Kier molecular flexibility index (Phi) is 4.07. The van der Waals surface area contributed by atoms with Gasteiger partial charge >= 0.3 is 0 Å². The normalized spacial score (nSPS) is 14.0. The number of oxazole rings is 1. The van der Waals surface area contributed by atoms with E-state index in [-0.39, 0.29) is 10.8 Å². The van der Waals surface area contributed by atoms with Crippen molar-refractivity contribution in [2.75, 3.05) is 10.8 Å². The molecular weight excluding hydrogens is 348 g/mol. The largest absolute Gasteiger partial charge is 0.440 e. The molecule has 134 valence electrons. The number of hydrogen-bond donors (Lipinski definition) is 0. The summed E-state index contributed by atoms with van der Waals surface area (Å²) in [6.07, 6.45) is 2.42. The first-order valence-corrected chi connectivity index (χ1v) is 10.1. The van der Waals surface area contributed by atoms with Crippen molar-refractivity contribution in [3.63, 3.8) is 0 Å². The van der Waals surface area contributed by atoms with Crippen LogP contribution in [0.25, 0.3) is 11.3 Å². The molecular formula is C20H20N2O3S. The molecule has 0 N–H and O–H groups in total. The standard InChI is InChI=1S/C20H20N2O3S/c1-14(2)20-21-13-19(25-20)16-7-9-17(10-8-16)26(23,24)22-12-11-15-5-3-4-6-18(15)22/h3-10,13-14H,11-12H2,1-2H3. The number of aromatic nitrogens is 1. The first-order valence-electron chi connectivity index (χ1n) is 8.63.